The Balaban J connectivity index is 2.31. The molecule has 0 saturated heterocycles. The average Bonchev–Trinajstić information content (AvgIpc) is 2.69. The number of aliphatic carboxylic acids is 1. The van der Waals surface area contributed by atoms with Gasteiger partial charge in [-0.1, -0.05) is 0 Å². The Morgan fingerprint density at radius 1 is 1.35 bits per heavy atom. The number of benzene rings is 1. The number of aromatic nitrogens is 1. The smallest absolute Gasteiger partial charge is 0.372 e. The number of carboxylic acid groups (broad SMARTS) is 1. The highest BCUT2D eigenvalue weighted by Crippen LogP contribution is 2.21. The lowest BCUT2D eigenvalue weighted by Crippen LogP contribution is -2.15. The fraction of sp³-hybridized carbons (Fsp3) is 0.167. The number of carboxylic acids is 1. The fourth-order valence-corrected chi connectivity index (χ4v) is 1.64. The molecule has 17 heavy (non-hydrogen) atoms. The molecule has 0 radical (unpaired) electrons. The van der Waals surface area contributed by atoms with Crippen molar-refractivity contribution in [3.8, 4) is 5.75 Å². The lowest BCUT2D eigenvalue weighted by atomic mass is 10.2. The Kier molecular flexibility index (Phi) is 2.82. The maximum Gasteiger partial charge on any atom is 0.372 e. The summed E-state index contributed by atoms with van der Waals surface area (Å²) in [6.07, 6.45) is -0.133. The molecule has 0 aliphatic heterocycles. The van der Waals surface area contributed by atoms with Crippen LogP contribution in [0.25, 0.3) is 10.9 Å². The van der Waals surface area contributed by atoms with Crippen LogP contribution in [0.15, 0.2) is 24.3 Å². The van der Waals surface area contributed by atoms with Gasteiger partial charge in [0.1, 0.15) is 5.75 Å². The first-order valence-corrected chi connectivity index (χ1v) is 5.02. The van der Waals surface area contributed by atoms with Gasteiger partial charge in [0, 0.05) is 17.3 Å². The van der Waals surface area contributed by atoms with Crippen LogP contribution in [0.2, 0.25) is 0 Å². The van der Waals surface area contributed by atoms with Crippen molar-refractivity contribution in [2.75, 3.05) is 7.11 Å². The normalized spacial score (nSPS) is 10.4. The number of rotatable bonds is 4. The first kappa shape index (κ1) is 11.2. The molecule has 1 aromatic carbocycles. The Bertz CT molecular complexity index is 585. The number of aromatic amines is 1. The van der Waals surface area contributed by atoms with Crippen molar-refractivity contribution in [1.29, 1.82) is 0 Å². The number of fused-ring (bicyclic) bond motifs is 1. The van der Waals surface area contributed by atoms with Crippen molar-refractivity contribution in [3.05, 3.63) is 30.0 Å². The van der Waals surface area contributed by atoms with Gasteiger partial charge in [-0.3, -0.25) is 4.79 Å². The lowest BCUT2D eigenvalue weighted by Gasteiger charge is -1.97. The third-order valence-electron chi connectivity index (χ3n) is 2.47. The van der Waals surface area contributed by atoms with E-state index in [4.69, 9.17) is 9.84 Å². The zero-order valence-corrected chi connectivity index (χ0v) is 9.19. The number of H-pyrrole nitrogens is 1. The molecule has 0 atom stereocenters. The highest BCUT2D eigenvalue weighted by Gasteiger charge is 2.13. The van der Waals surface area contributed by atoms with E-state index in [-0.39, 0.29) is 6.42 Å². The van der Waals surface area contributed by atoms with E-state index in [2.05, 4.69) is 4.98 Å². The average molecular weight is 233 g/mol. The van der Waals surface area contributed by atoms with Gasteiger partial charge in [0.25, 0.3) is 0 Å². The topological polar surface area (TPSA) is 79.4 Å². The minimum absolute atomic E-state index is 0.133. The number of carbonyl (C=O) groups is 2. The monoisotopic (exact) mass is 233 g/mol. The zero-order chi connectivity index (χ0) is 12.4. The van der Waals surface area contributed by atoms with E-state index in [0.29, 0.717) is 11.4 Å². The van der Waals surface area contributed by atoms with Crippen molar-refractivity contribution in [1.82, 2.24) is 4.98 Å². The van der Waals surface area contributed by atoms with E-state index in [9.17, 15) is 9.59 Å². The van der Waals surface area contributed by atoms with Crippen LogP contribution in [-0.4, -0.2) is 29.0 Å². The summed E-state index contributed by atoms with van der Waals surface area (Å²) in [5, 5.41) is 9.43. The summed E-state index contributed by atoms with van der Waals surface area (Å²) in [6.45, 7) is 0. The number of nitrogens with one attached hydrogen (secondary N) is 1. The molecule has 2 N–H and O–H groups in total. The predicted octanol–water partition coefficient (Wildman–Crippen LogP) is 1.37. The summed E-state index contributed by atoms with van der Waals surface area (Å²) in [7, 11) is 1.57. The summed E-state index contributed by atoms with van der Waals surface area (Å²) >= 11 is 0. The molecule has 1 heterocycles. The van der Waals surface area contributed by atoms with E-state index in [1.807, 2.05) is 6.07 Å². The van der Waals surface area contributed by atoms with E-state index in [1.54, 1.807) is 25.3 Å². The molecule has 2 aromatic rings. The van der Waals surface area contributed by atoms with Crippen molar-refractivity contribution in [3.63, 3.8) is 0 Å². The second kappa shape index (κ2) is 4.29. The van der Waals surface area contributed by atoms with Crippen molar-refractivity contribution >= 4 is 22.7 Å². The SMILES string of the molecule is COc1ccc2cc(CC(=O)C(=O)O)[nH]c2c1. The number of ketones is 1. The third-order valence-corrected chi connectivity index (χ3v) is 2.47. The number of methoxy groups -OCH3 is 1. The van der Waals surface area contributed by atoms with Gasteiger partial charge in [-0.15, -0.1) is 0 Å². The number of Topliss-reactive ketones (excluding diaryl/α,β-unsaturated/α-hetero) is 1. The number of ether oxygens (including phenoxy) is 1. The largest absolute Gasteiger partial charge is 0.497 e. The lowest BCUT2D eigenvalue weighted by molar-refractivity contribution is -0.148. The molecule has 88 valence electrons. The first-order chi connectivity index (χ1) is 8.10. The fourth-order valence-electron chi connectivity index (χ4n) is 1.64. The van der Waals surface area contributed by atoms with Crippen molar-refractivity contribution in [2.45, 2.75) is 6.42 Å². The van der Waals surface area contributed by atoms with E-state index in [1.165, 1.54) is 0 Å². The molecule has 2 rings (SSSR count). The van der Waals surface area contributed by atoms with Gasteiger partial charge in [0.2, 0.25) is 5.78 Å². The summed E-state index contributed by atoms with van der Waals surface area (Å²) in [4.78, 5) is 24.5. The van der Waals surface area contributed by atoms with E-state index < -0.39 is 11.8 Å². The summed E-state index contributed by atoms with van der Waals surface area (Å²) in [5.74, 6) is -1.54. The Hall–Kier alpha value is -2.30. The molecular formula is C12H11NO4. The maximum atomic E-state index is 11.1. The van der Waals surface area contributed by atoms with Gasteiger partial charge < -0.3 is 14.8 Å². The number of carbonyl (C=O) groups excluding carboxylic acids is 1. The molecule has 5 heteroatoms. The molecule has 0 bridgehead atoms. The molecule has 0 amide bonds. The van der Waals surface area contributed by atoms with Gasteiger partial charge in [0.05, 0.1) is 13.5 Å². The highest BCUT2D eigenvalue weighted by molar-refractivity contribution is 6.33. The highest BCUT2D eigenvalue weighted by atomic mass is 16.5. The maximum absolute atomic E-state index is 11.1. The summed E-state index contributed by atoms with van der Waals surface area (Å²) in [5.41, 5.74) is 1.40. The number of hydrogen-bond donors (Lipinski definition) is 2. The van der Waals surface area contributed by atoms with Crippen molar-refractivity contribution < 1.29 is 19.4 Å². The van der Waals surface area contributed by atoms with Gasteiger partial charge in [-0.25, -0.2) is 4.79 Å². The third kappa shape index (κ3) is 2.28. The summed E-state index contributed by atoms with van der Waals surface area (Å²) in [6, 6.07) is 7.21. The molecule has 0 spiro atoms. The van der Waals surface area contributed by atoms with Crippen LogP contribution in [0.4, 0.5) is 0 Å². The molecule has 5 nitrogen and oxygen atoms in total. The molecule has 0 unspecified atom stereocenters. The van der Waals surface area contributed by atoms with Crippen LogP contribution in [0.1, 0.15) is 5.69 Å². The second-order valence-electron chi connectivity index (χ2n) is 3.65. The van der Waals surface area contributed by atoms with Crippen molar-refractivity contribution in [2.24, 2.45) is 0 Å². The molecule has 0 fully saturated rings. The molecule has 1 aromatic heterocycles. The number of hydrogen-bond acceptors (Lipinski definition) is 3. The van der Waals surface area contributed by atoms with Crippen LogP contribution in [-0.2, 0) is 16.0 Å². The van der Waals surface area contributed by atoms with Gasteiger partial charge in [0.15, 0.2) is 0 Å². The van der Waals surface area contributed by atoms with Crippen LogP contribution < -0.4 is 4.74 Å². The van der Waals surface area contributed by atoms with Gasteiger partial charge in [-0.05, 0) is 23.6 Å². The Labute approximate surface area is 97.0 Å². The second-order valence-corrected chi connectivity index (χ2v) is 3.65. The molecule has 0 aliphatic rings. The standard InChI is InChI=1S/C12H11NO4/c1-17-9-3-2-7-4-8(13-10(7)6-9)5-11(14)12(15)16/h2-4,6,13H,5H2,1H3,(H,15,16). The van der Waals surface area contributed by atoms with Crippen LogP contribution in [0, 0.1) is 0 Å². The zero-order valence-electron chi connectivity index (χ0n) is 9.19. The molecule has 0 aliphatic carbocycles. The van der Waals surface area contributed by atoms with E-state index >= 15 is 0 Å². The molecular weight excluding hydrogens is 222 g/mol. The van der Waals surface area contributed by atoms with Gasteiger partial charge >= 0.3 is 5.97 Å². The predicted molar refractivity (Wildman–Crippen MR) is 61.2 cm³/mol. The quantitative estimate of drug-likeness (QED) is 0.782. The van der Waals surface area contributed by atoms with Gasteiger partial charge in [-0.2, -0.15) is 0 Å². The van der Waals surface area contributed by atoms with Crippen LogP contribution >= 0.6 is 0 Å². The Morgan fingerprint density at radius 3 is 2.76 bits per heavy atom. The first-order valence-electron chi connectivity index (χ1n) is 5.02. The minimum atomic E-state index is -1.42. The van der Waals surface area contributed by atoms with Crippen LogP contribution in [0.3, 0.4) is 0 Å². The van der Waals surface area contributed by atoms with E-state index in [0.717, 1.165) is 10.9 Å². The summed E-state index contributed by atoms with van der Waals surface area (Å²) < 4.78 is 5.07. The molecule has 0 saturated carbocycles. The Morgan fingerprint density at radius 2 is 2.12 bits per heavy atom. The van der Waals surface area contributed by atoms with Crippen LogP contribution in [0.5, 0.6) is 5.75 Å². The minimum Gasteiger partial charge on any atom is -0.497 e.